The molecule has 1 fully saturated rings. The quantitative estimate of drug-likeness (QED) is 0.459. The van der Waals surface area contributed by atoms with Crippen LogP contribution in [0.2, 0.25) is 5.15 Å². The van der Waals surface area contributed by atoms with Crippen molar-refractivity contribution in [1.29, 1.82) is 0 Å². The van der Waals surface area contributed by atoms with E-state index in [0.29, 0.717) is 16.1 Å². The van der Waals surface area contributed by atoms with E-state index in [4.69, 9.17) is 16.7 Å². The molecule has 0 amide bonds. The number of piperazine rings is 1. The van der Waals surface area contributed by atoms with Crippen LogP contribution in [-0.4, -0.2) is 58.7 Å². The number of aromatic nitrogens is 2. The van der Waals surface area contributed by atoms with Crippen molar-refractivity contribution < 1.29 is 9.90 Å². The first-order chi connectivity index (χ1) is 12.5. The lowest BCUT2D eigenvalue weighted by Crippen LogP contribution is -2.46. The van der Waals surface area contributed by atoms with Crippen LogP contribution in [0.4, 0.5) is 5.82 Å². The van der Waals surface area contributed by atoms with Crippen molar-refractivity contribution in [2.45, 2.75) is 17.8 Å². The van der Waals surface area contributed by atoms with Gasteiger partial charge in [0.1, 0.15) is 11.0 Å². The van der Waals surface area contributed by atoms with Crippen molar-refractivity contribution in [2.24, 2.45) is 0 Å². The summed E-state index contributed by atoms with van der Waals surface area (Å²) in [5.41, 5.74) is 1.30. The number of carboxylic acid groups (broad SMARTS) is 1. The molecule has 2 heterocycles. The Labute approximate surface area is 162 Å². The zero-order valence-electron chi connectivity index (χ0n) is 14.6. The monoisotopic (exact) mass is 392 g/mol. The van der Waals surface area contributed by atoms with Crippen LogP contribution in [0.3, 0.4) is 0 Å². The summed E-state index contributed by atoms with van der Waals surface area (Å²) in [6.45, 7) is 7.16. The van der Waals surface area contributed by atoms with Crippen molar-refractivity contribution in [3.63, 3.8) is 0 Å². The molecule has 0 aliphatic carbocycles. The minimum atomic E-state index is -0.921. The maximum absolute atomic E-state index is 10.9. The average molecular weight is 393 g/mol. The summed E-state index contributed by atoms with van der Waals surface area (Å²) in [5, 5.41) is 10.0. The van der Waals surface area contributed by atoms with Crippen LogP contribution in [0, 0.1) is 0 Å². The first kappa shape index (κ1) is 18.9. The summed E-state index contributed by atoms with van der Waals surface area (Å²) < 4.78 is 0. The summed E-state index contributed by atoms with van der Waals surface area (Å²) in [6, 6.07) is 8.65. The van der Waals surface area contributed by atoms with Crippen molar-refractivity contribution in [2.75, 3.05) is 37.6 Å². The maximum atomic E-state index is 10.9. The van der Waals surface area contributed by atoms with E-state index in [1.165, 1.54) is 11.8 Å². The van der Waals surface area contributed by atoms with Crippen LogP contribution < -0.4 is 4.90 Å². The van der Waals surface area contributed by atoms with Gasteiger partial charge in [0, 0.05) is 38.0 Å². The number of benzene rings is 1. The number of carboxylic acids is 1. The number of thioether (sulfide) groups is 1. The van der Waals surface area contributed by atoms with E-state index in [-0.39, 0.29) is 5.56 Å². The van der Waals surface area contributed by atoms with E-state index in [1.807, 2.05) is 18.2 Å². The summed E-state index contributed by atoms with van der Waals surface area (Å²) in [6.07, 6.45) is 0. The van der Waals surface area contributed by atoms with Gasteiger partial charge >= 0.3 is 5.97 Å². The van der Waals surface area contributed by atoms with Crippen LogP contribution in [0.25, 0.3) is 0 Å². The standard InChI is InChI=1S/C18H21ClN4O2S/c1-2-22-7-9-23(10-8-22)16-11-15(19)20-18(21-16)26-12-13-3-5-14(6-4-13)17(24)25/h3-6,11H,2,7-10,12H2,1H3,(H,24,25). The largest absolute Gasteiger partial charge is 0.478 e. The van der Waals surface area contributed by atoms with Crippen LogP contribution in [0.1, 0.15) is 22.8 Å². The number of halogens is 1. The molecule has 0 unspecified atom stereocenters. The minimum absolute atomic E-state index is 0.284. The third-order valence-corrected chi connectivity index (χ3v) is 5.49. The molecule has 0 bridgehead atoms. The molecule has 8 heteroatoms. The number of hydrogen-bond acceptors (Lipinski definition) is 6. The molecular weight excluding hydrogens is 372 g/mol. The predicted octanol–water partition coefficient (Wildman–Crippen LogP) is 3.26. The van der Waals surface area contributed by atoms with E-state index >= 15 is 0 Å². The minimum Gasteiger partial charge on any atom is -0.478 e. The second kappa shape index (κ2) is 8.70. The van der Waals surface area contributed by atoms with E-state index in [9.17, 15) is 4.79 Å². The van der Waals surface area contributed by atoms with Gasteiger partial charge in [-0.1, -0.05) is 42.4 Å². The topological polar surface area (TPSA) is 69.6 Å². The Balaban J connectivity index is 1.65. The molecule has 2 aromatic rings. The molecule has 0 spiro atoms. The molecule has 1 aromatic carbocycles. The fourth-order valence-electron chi connectivity index (χ4n) is 2.80. The van der Waals surface area contributed by atoms with Crippen molar-refractivity contribution in [3.8, 4) is 0 Å². The number of hydrogen-bond donors (Lipinski definition) is 1. The second-order valence-electron chi connectivity index (χ2n) is 6.04. The Bertz CT molecular complexity index is 764. The van der Waals surface area contributed by atoms with Gasteiger partial charge in [-0.3, -0.25) is 0 Å². The van der Waals surface area contributed by atoms with Gasteiger partial charge in [-0.05, 0) is 24.2 Å². The third kappa shape index (κ3) is 4.87. The van der Waals surface area contributed by atoms with Crippen LogP contribution in [-0.2, 0) is 5.75 Å². The first-order valence-corrected chi connectivity index (χ1v) is 9.88. The molecule has 1 N–H and O–H groups in total. The highest BCUT2D eigenvalue weighted by Crippen LogP contribution is 2.25. The second-order valence-corrected chi connectivity index (χ2v) is 7.37. The smallest absolute Gasteiger partial charge is 0.335 e. The van der Waals surface area contributed by atoms with Gasteiger partial charge in [0.15, 0.2) is 5.16 Å². The first-order valence-electron chi connectivity index (χ1n) is 8.52. The van der Waals surface area contributed by atoms with Crippen LogP contribution >= 0.6 is 23.4 Å². The van der Waals surface area contributed by atoms with E-state index in [0.717, 1.165) is 44.1 Å². The van der Waals surface area contributed by atoms with Crippen molar-refractivity contribution in [3.05, 3.63) is 46.6 Å². The van der Waals surface area contributed by atoms with Gasteiger partial charge < -0.3 is 14.9 Å². The lowest BCUT2D eigenvalue weighted by atomic mass is 10.1. The Kier molecular flexibility index (Phi) is 6.34. The van der Waals surface area contributed by atoms with E-state index in [1.54, 1.807) is 12.1 Å². The lowest BCUT2D eigenvalue weighted by Gasteiger charge is -2.34. The SMILES string of the molecule is CCN1CCN(c2cc(Cl)nc(SCc3ccc(C(=O)O)cc3)n2)CC1. The lowest BCUT2D eigenvalue weighted by molar-refractivity contribution is 0.0697. The highest BCUT2D eigenvalue weighted by atomic mass is 35.5. The predicted molar refractivity (Wildman–Crippen MR) is 104 cm³/mol. The normalized spacial score (nSPS) is 15.2. The molecule has 0 saturated carbocycles. The Morgan fingerprint density at radius 2 is 1.88 bits per heavy atom. The van der Waals surface area contributed by atoms with Gasteiger partial charge in [0.2, 0.25) is 0 Å². The fourth-order valence-corrected chi connectivity index (χ4v) is 3.83. The number of nitrogens with zero attached hydrogens (tertiary/aromatic N) is 4. The molecule has 26 heavy (non-hydrogen) atoms. The van der Waals surface area contributed by atoms with E-state index in [2.05, 4.69) is 26.7 Å². The Morgan fingerprint density at radius 1 is 1.19 bits per heavy atom. The fraction of sp³-hybridized carbons (Fsp3) is 0.389. The zero-order chi connectivity index (χ0) is 18.5. The Hall–Kier alpha value is -1.83. The molecule has 1 aliphatic rings. The van der Waals surface area contributed by atoms with Gasteiger partial charge in [0.05, 0.1) is 5.56 Å². The average Bonchev–Trinajstić information content (AvgIpc) is 2.66. The summed E-state index contributed by atoms with van der Waals surface area (Å²) in [4.78, 5) is 24.5. The van der Waals surface area contributed by atoms with Gasteiger partial charge in [-0.25, -0.2) is 14.8 Å². The molecule has 6 nitrogen and oxygen atoms in total. The van der Waals surface area contributed by atoms with Crippen molar-refractivity contribution in [1.82, 2.24) is 14.9 Å². The maximum Gasteiger partial charge on any atom is 0.335 e. The summed E-state index contributed by atoms with van der Waals surface area (Å²) >= 11 is 7.69. The van der Waals surface area contributed by atoms with Crippen LogP contribution in [0.15, 0.2) is 35.5 Å². The van der Waals surface area contributed by atoms with Gasteiger partial charge in [-0.15, -0.1) is 0 Å². The number of rotatable bonds is 6. The van der Waals surface area contributed by atoms with Gasteiger partial charge in [-0.2, -0.15) is 0 Å². The number of likely N-dealkylation sites (N-methyl/N-ethyl adjacent to an activating group) is 1. The molecule has 1 saturated heterocycles. The summed E-state index contributed by atoms with van der Waals surface area (Å²) in [7, 11) is 0. The third-order valence-electron chi connectivity index (χ3n) is 4.37. The zero-order valence-corrected chi connectivity index (χ0v) is 16.1. The molecule has 138 valence electrons. The molecule has 1 aromatic heterocycles. The van der Waals surface area contributed by atoms with Crippen LogP contribution in [0.5, 0.6) is 0 Å². The van der Waals surface area contributed by atoms with Crippen molar-refractivity contribution >= 4 is 35.1 Å². The number of carbonyl (C=O) groups is 1. The molecule has 0 atom stereocenters. The van der Waals surface area contributed by atoms with E-state index < -0.39 is 5.97 Å². The highest BCUT2D eigenvalue weighted by molar-refractivity contribution is 7.98. The highest BCUT2D eigenvalue weighted by Gasteiger charge is 2.18. The number of anilines is 1. The molecular formula is C18H21ClN4O2S. The molecule has 0 radical (unpaired) electrons. The molecule has 1 aliphatic heterocycles. The summed E-state index contributed by atoms with van der Waals surface area (Å²) in [5.74, 6) is 0.600. The Morgan fingerprint density at radius 3 is 2.50 bits per heavy atom. The molecule has 3 rings (SSSR count). The van der Waals surface area contributed by atoms with Gasteiger partial charge in [0.25, 0.3) is 0 Å². The number of aromatic carboxylic acids is 1.